The molecule has 4 aliphatic carbocycles. The molecule has 0 aliphatic heterocycles. The Morgan fingerprint density at radius 2 is 1.28 bits per heavy atom. The summed E-state index contributed by atoms with van der Waals surface area (Å²) in [6, 6.07) is 27.9. The maximum atomic E-state index is 13.9. The molecule has 4 saturated carbocycles. The maximum absolute atomic E-state index is 13.9. The van der Waals surface area contributed by atoms with Gasteiger partial charge in [0, 0.05) is 0 Å². The summed E-state index contributed by atoms with van der Waals surface area (Å²) in [5.74, 6) is 0.212. The molecule has 6 heteroatoms. The number of hydrazine groups is 1. The second-order valence-corrected chi connectivity index (χ2v) is 13.1. The van der Waals surface area contributed by atoms with Crippen LogP contribution in [0.15, 0.2) is 89.8 Å². The zero-order valence-electron chi connectivity index (χ0n) is 20.5. The minimum atomic E-state index is -3.86. The molecular formula is C30H32N2O3S. The Balaban J connectivity index is 1.35. The highest BCUT2D eigenvalue weighted by Crippen LogP contribution is 2.70. The standard InChI is InChI=1S/C30H32N2O3S/c1-22-12-14-26(15-13-22)36(34,35)32-31-27(33)30-18-23-16-28(20-30,24-8-4-2-5-9-24)19-29(17-23,21-30)25-10-6-3-7-11-25/h2-15,23,32H,16-21H2,1H3,(H,31,33)/t23?,28-,29-,30?/m0/s1. The average Bonchev–Trinajstić information content (AvgIpc) is 2.88. The van der Waals surface area contributed by atoms with Crippen molar-refractivity contribution < 1.29 is 13.2 Å². The third-order valence-corrected chi connectivity index (χ3v) is 10.2. The van der Waals surface area contributed by atoms with Gasteiger partial charge in [0.25, 0.3) is 10.0 Å². The second-order valence-electron chi connectivity index (χ2n) is 11.5. The summed E-state index contributed by atoms with van der Waals surface area (Å²) in [7, 11) is -3.86. The molecule has 0 radical (unpaired) electrons. The molecule has 0 aromatic heterocycles. The van der Waals surface area contributed by atoms with Crippen LogP contribution in [0.5, 0.6) is 0 Å². The van der Waals surface area contributed by atoms with E-state index in [4.69, 9.17) is 0 Å². The number of sulfonamides is 1. The lowest BCUT2D eigenvalue weighted by Gasteiger charge is -2.66. The summed E-state index contributed by atoms with van der Waals surface area (Å²) in [5, 5.41) is 0. The Morgan fingerprint density at radius 1 is 0.750 bits per heavy atom. The molecular weight excluding hydrogens is 468 g/mol. The summed E-state index contributed by atoms with van der Waals surface area (Å²) < 4.78 is 25.8. The molecule has 2 atom stereocenters. The Bertz CT molecular complexity index is 1330. The fourth-order valence-electron chi connectivity index (χ4n) is 7.94. The Kier molecular flexibility index (Phi) is 5.39. The summed E-state index contributed by atoms with van der Waals surface area (Å²) in [6.07, 6.45) is 5.47. The molecule has 36 heavy (non-hydrogen) atoms. The van der Waals surface area contributed by atoms with Crippen molar-refractivity contribution in [2.75, 3.05) is 0 Å². The van der Waals surface area contributed by atoms with E-state index in [0.29, 0.717) is 5.92 Å². The van der Waals surface area contributed by atoms with Crippen molar-refractivity contribution >= 4 is 15.9 Å². The molecule has 4 fully saturated rings. The number of nitrogens with one attached hydrogen (secondary N) is 2. The van der Waals surface area contributed by atoms with E-state index in [1.807, 2.05) is 19.1 Å². The van der Waals surface area contributed by atoms with Crippen LogP contribution in [0.25, 0.3) is 0 Å². The second kappa shape index (κ2) is 8.29. The minimum absolute atomic E-state index is 0.0936. The first-order valence-electron chi connectivity index (χ1n) is 12.7. The summed E-state index contributed by atoms with van der Waals surface area (Å²) in [5.41, 5.74) is 5.41. The molecule has 0 saturated heterocycles. The van der Waals surface area contributed by atoms with Gasteiger partial charge in [-0.15, -0.1) is 4.83 Å². The van der Waals surface area contributed by atoms with Gasteiger partial charge in [0.15, 0.2) is 0 Å². The number of hydrogen-bond acceptors (Lipinski definition) is 3. The van der Waals surface area contributed by atoms with Crippen molar-refractivity contribution in [2.45, 2.75) is 61.2 Å². The number of benzene rings is 3. The zero-order chi connectivity index (χ0) is 25.0. The van der Waals surface area contributed by atoms with Crippen molar-refractivity contribution in [3.63, 3.8) is 0 Å². The van der Waals surface area contributed by atoms with E-state index in [0.717, 1.165) is 44.1 Å². The topological polar surface area (TPSA) is 75.3 Å². The lowest BCUT2D eigenvalue weighted by atomic mass is 9.37. The van der Waals surface area contributed by atoms with Crippen LogP contribution in [0.1, 0.15) is 55.2 Å². The van der Waals surface area contributed by atoms with E-state index < -0.39 is 15.4 Å². The van der Waals surface area contributed by atoms with Gasteiger partial charge in [-0.3, -0.25) is 10.2 Å². The molecule has 5 nitrogen and oxygen atoms in total. The fourth-order valence-corrected chi connectivity index (χ4v) is 8.78. The van der Waals surface area contributed by atoms with Gasteiger partial charge in [-0.05, 0) is 85.5 Å². The van der Waals surface area contributed by atoms with Crippen molar-refractivity contribution in [1.82, 2.24) is 10.3 Å². The SMILES string of the molecule is Cc1ccc(S(=O)(=O)NNC(=O)C23CC4C[C@@](c5ccccc5)(C2)C[C@@](c2ccccc2)(C4)C3)cc1. The molecule has 0 unspecified atom stereocenters. The summed E-state index contributed by atoms with van der Waals surface area (Å²) >= 11 is 0. The molecule has 4 aliphatic rings. The third-order valence-electron chi connectivity index (χ3n) is 8.95. The first-order valence-corrected chi connectivity index (χ1v) is 14.2. The highest BCUT2D eigenvalue weighted by atomic mass is 32.2. The Hall–Kier alpha value is -2.96. The van der Waals surface area contributed by atoms with Gasteiger partial charge in [-0.25, -0.2) is 8.42 Å². The highest BCUT2D eigenvalue weighted by Gasteiger charge is 2.66. The van der Waals surface area contributed by atoms with E-state index in [-0.39, 0.29) is 21.6 Å². The molecule has 4 bridgehead atoms. The first kappa shape index (κ1) is 23.4. The van der Waals surface area contributed by atoms with E-state index >= 15 is 0 Å². The first-order chi connectivity index (χ1) is 17.2. The predicted octanol–water partition coefficient (Wildman–Crippen LogP) is 5.16. The number of carbonyl (C=O) groups excluding carboxylic acids is 1. The van der Waals surface area contributed by atoms with E-state index in [1.165, 1.54) is 11.1 Å². The third kappa shape index (κ3) is 3.78. The number of hydrogen-bond donors (Lipinski definition) is 2. The van der Waals surface area contributed by atoms with Crippen LogP contribution in [-0.4, -0.2) is 14.3 Å². The monoisotopic (exact) mass is 500 g/mol. The number of amides is 1. The van der Waals surface area contributed by atoms with Crippen LogP contribution < -0.4 is 10.3 Å². The van der Waals surface area contributed by atoms with Gasteiger partial charge < -0.3 is 0 Å². The lowest BCUT2D eigenvalue weighted by Crippen LogP contribution is -2.65. The van der Waals surface area contributed by atoms with Crippen LogP contribution in [0.3, 0.4) is 0 Å². The maximum Gasteiger partial charge on any atom is 0.257 e. The summed E-state index contributed by atoms with van der Waals surface area (Å²) in [6.45, 7) is 1.91. The molecule has 2 N–H and O–H groups in total. The zero-order valence-corrected chi connectivity index (χ0v) is 21.4. The van der Waals surface area contributed by atoms with Gasteiger partial charge in [0.05, 0.1) is 10.3 Å². The predicted molar refractivity (Wildman–Crippen MR) is 140 cm³/mol. The van der Waals surface area contributed by atoms with Crippen LogP contribution in [0.2, 0.25) is 0 Å². The van der Waals surface area contributed by atoms with Gasteiger partial charge in [0.2, 0.25) is 5.91 Å². The molecule has 3 aromatic carbocycles. The fraction of sp³-hybridized carbons (Fsp3) is 0.367. The van der Waals surface area contributed by atoms with Crippen LogP contribution >= 0.6 is 0 Å². The molecule has 1 amide bonds. The largest absolute Gasteiger partial charge is 0.277 e. The van der Waals surface area contributed by atoms with Gasteiger partial charge in [0.1, 0.15) is 0 Å². The van der Waals surface area contributed by atoms with Crippen LogP contribution in [0.4, 0.5) is 0 Å². The number of carbonyl (C=O) groups is 1. The van der Waals surface area contributed by atoms with E-state index in [1.54, 1.807) is 24.3 Å². The molecule has 186 valence electrons. The van der Waals surface area contributed by atoms with Crippen molar-refractivity contribution in [3.8, 4) is 0 Å². The molecule has 3 aromatic rings. The molecule has 0 heterocycles. The van der Waals surface area contributed by atoms with Gasteiger partial charge in [-0.2, -0.15) is 0 Å². The Labute approximate surface area is 213 Å². The van der Waals surface area contributed by atoms with Crippen molar-refractivity contribution in [1.29, 1.82) is 0 Å². The van der Waals surface area contributed by atoms with E-state index in [9.17, 15) is 13.2 Å². The quantitative estimate of drug-likeness (QED) is 0.459. The normalized spacial score (nSPS) is 30.8. The number of rotatable bonds is 6. The van der Waals surface area contributed by atoms with Crippen molar-refractivity contribution in [2.24, 2.45) is 11.3 Å². The van der Waals surface area contributed by atoms with Gasteiger partial charge >= 0.3 is 0 Å². The van der Waals surface area contributed by atoms with Crippen LogP contribution in [-0.2, 0) is 25.6 Å². The smallest absolute Gasteiger partial charge is 0.257 e. The van der Waals surface area contributed by atoms with Crippen molar-refractivity contribution in [3.05, 3.63) is 102 Å². The van der Waals surface area contributed by atoms with Crippen LogP contribution in [0, 0.1) is 18.3 Å². The van der Waals surface area contributed by atoms with Gasteiger partial charge in [-0.1, -0.05) is 78.4 Å². The van der Waals surface area contributed by atoms with E-state index in [2.05, 4.69) is 58.8 Å². The Morgan fingerprint density at radius 3 is 1.81 bits per heavy atom. The summed E-state index contributed by atoms with van der Waals surface area (Å²) in [4.78, 5) is 16.5. The molecule has 7 rings (SSSR count). The minimum Gasteiger partial charge on any atom is -0.277 e. The molecule has 0 spiro atoms. The average molecular weight is 501 g/mol. The number of aryl methyl sites for hydroxylation is 1. The highest BCUT2D eigenvalue weighted by molar-refractivity contribution is 7.89. The lowest BCUT2D eigenvalue weighted by molar-refractivity contribution is -0.153.